The number of sulfone groups is 1. The minimum Gasteiger partial charge on any atom is -0.390 e. The van der Waals surface area contributed by atoms with Crippen LogP contribution in [0.25, 0.3) is 26.4 Å². The highest BCUT2D eigenvalue weighted by Gasteiger charge is 2.47. The molecule has 3 aromatic heterocycles. The Morgan fingerprint density at radius 2 is 1.88 bits per heavy atom. The summed E-state index contributed by atoms with van der Waals surface area (Å²) in [5.74, 6) is -1.86. The normalized spacial score (nSPS) is 21.7. The van der Waals surface area contributed by atoms with Crippen LogP contribution in [0, 0.1) is 24.5 Å². The number of aryl methyl sites for hydroxylation is 1. The highest BCUT2D eigenvalue weighted by Crippen LogP contribution is 2.41. The van der Waals surface area contributed by atoms with Gasteiger partial charge in [-0.15, -0.1) is 11.3 Å². The molecule has 10 nitrogen and oxygen atoms in total. The molecule has 4 aromatic rings. The molecule has 2 aliphatic carbocycles. The van der Waals surface area contributed by atoms with Crippen molar-refractivity contribution >= 4 is 48.7 Å². The number of hydrogen-bond acceptors (Lipinski definition) is 11. The molecule has 43 heavy (non-hydrogen) atoms. The summed E-state index contributed by atoms with van der Waals surface area (Å²) in [6.45, 7) is 1.41. The minimum atomic E-state index is -3.36. The largest absolute Gasteiger partial charge is 0.390 e. The Morgan fingerprint density at radius 3 is 2.58 bits per heavy atom. The fourth-order valence-electron chi connectivity index (χ4n) is 5.52. The molecule has 3 atom stereocenters. The number of fused-ring (bicyclic) bond motifs is 1. The average molecular weight is 629 g/mol. The van der Waals surface area contributed by atoms with E-state index in [1.165, 1.54) is 29.5 Å². The van der Waals surface area contributed by atoms with E-state index in [4.69, 9.17) is 4.98 Å². The third-order valence-electron chi connectivity index (χ3n) is 7.83. The van der Waals surface area contributed by atoms with Crippen LogP contribution >= 0.6 is 11.3 Å². The molecule has 4 N–H and O–H groups in total. The number of nitrogens with zero attached hydrogens (tertiary/aromatic N) is 4. The summed E-state index contributed by atoms with van der Waals surface area (Å²) in [5.41, 5.74) is 1.99. The van der Waals surface area contributed by atoms with E-state index >= 15 is 0 Å². The van der Waals surface area contributed by atoms with Gasteiger partial charge >= 0.3 is 0 Å². The number of aromatic nitrogens is 4. The Bertz CT molecular complexity index is 1840. The molecule has 0 unspecified atom stereocenters. The molecule has 1 fully saturated rings. The third kappa shape index (κ3) is 6.09. The van der Waals surface area contributed by atoms with Crippen molar-refractivity contribution in [1.29, 1.82) is 0 Å². The van der Waals surface area contributed by atoms with E-state index in [-0.39, 0.29) is 42.6 Å². The number of aliphatic hydroxyl groups excluding tert-OH is 1. The van der Waals surface area contributed by atoms with Gasteiger partial charge in [-0.25, -0.2) is 27.2 Å². The summed E-state index contributed by atoms with van der Waals surface area (Å²) >= 11 is 1.43. The van der Waals surface area contributed by atoms with E-state index in [2.05, 4.69) is 31.7 Å². The van der Waals surface area contributed by atoms with Gasteiger partial charge in [0.15, 0.2) is 0 Å². The lowest BCUT2D eigenvalue weighted by Crippen LogP contribution is -2.47. The number of rotatable bonds is 10. The van der Waals surface area contributed by atoms with Crippen molar-refractivity contribution < 1.29 is 27.4 Å². The van der Waals surface area contributed by atoms with Crippen molar-refractivity contribution in [2.75, 3.05) is 29.2 Å². The number of benzene rings is 1. The van der Waals surface area contributed by atoms with Crippen LogP contribution in [0.4, 0.5) is 20.5 Å². The summed E-state index contributed by atoms with van der Waals surface area (Å²) in [7, 11) is -3.36. The number of anilines is 2. The Kier molecular flexibility index (Phi) is 7.65. The summed E-state index contributed by atoms with van der Waals surface area (Å²) in [6, 6.07) is 5.50. The summed E-state index contributed by atoms with van der Waals surface area (Å²) in [6.07, 6.45) is 5.02. The number of nitrogens with one attached hydrogen (secondary N) is 2. The van der Waals surface area contributed by atoms with E-state index in [1.807, 2.05) is 6.07 Å². The number of aliphatic hydroxyl groups is 2. The van der Waals surface area contributed by atoms with Crippen molar-refractivity contribution in [2.45, 2.75) is 44.4 Å². The maximum atomic E-state index is 14.3. The van der Waals surface area contributed by atoms with Crippen LogP contribution in [-0.4, -0.2) is 68.8 Å². The molecule has 0 bridgehead atoms. The molecule has 0 aliphatic heterocycles. The zero-order valence-electron chi connectivity index (χ0n) is 23.4. The third-order valence-corrected chi connectivity index (χ3v) is 9.90. The SMILES string of the molecule is Cc1nc(NCc2c(F)cccc2F)nc(NC[C@]2(O)CC[C@H](CS(C)(=O)=O)[C@H]2O)c1-c1nc2c(C3=CC3)nccc2s1. The molecule has 2 aliphatic rings. The van der Waals surface area contributed by atoms with Gasteiger partial charge in [0, 0.05) is 37.0 Å². The van der Waals surface area contributed by atoms with Crippen LogP contribution in [0.15, 0.2) is 36.5 Å². The molecular formula is C29H30F2N6O4S2. The molecule has 0 radical (unpaired) electrons. The predicted molar refractivity (Wildman–Crippen MR) is 161 cm³/mol. The highest BCUT2D eigenvalue weighted by atomic mass is 32.2. The van der Waals surface area contributed by atoms with Gasteiger partial charge in [0.2, 0.25) is 5.95 Å². The van der Waals surface area contributed by atoms with E-state index in [0.29, 0.717) is 22.7 Å². The van der Waals surface area contributed by atoms with Gasteiger partial charge in [0.1, 0.15) is 43.4 Å². The molecule has 6 rings (SSSR count). The van der Waals surface area contributed by atoms with Crippen molar-refractivity contribution in [2.24, 2.45) is 5.92 Å². The van der Waals surface area contributed by atoms with Crippen LogP contribution < -0.4 is 10.6 Å². The van der Waals surface area contributed by atoms with Gasteiger partial charge in [-0.05, 0) is 50.0 Å². The van der Waals surface area contributed by atoms with Crippen LogP contribution in [0.3, 0.4) is 0 Å². The monoisotopic (exact) mass is 628 g/mol. The average Bonchev–Trinajstić information content (AvgIpc) is 3.64. The number of halogens is 2. The van der Waals surface area contributed by atoms with E-state index in [1.54, 1.807) is 13.1 Å². The lowest BCUT2D eigenvalue weighted by molar-refractivity contribution is -0.0549. The predicted octanol–water partition coefficient (Wildman–Crippen LogP) is 4.09. The molecular weight excluding hydrogens is 598 g/mol. The molecule has 3 heterocycles. The summed E-state index contributed by atoms with van der Waals surface area (Å²) in [4.78, 5) is 18.5. The zero-order valence-corrected chi connectivity index (χ0v) is 25.1. The van der Waals surface area contributed by atoms with Gasteiger partial charge in [-0.1, -0.05) is 12.1 Å². The van der Waals surface area contributed by atoms with Gasteiger partial charge in [0.25, 0.3) is 0 Å². The molecule has 14 heteroatoms. The zero-order chi connectivity index (χ0) is 30.5. The van der Waals surface area contributed by atoms with Gasteiger partial charge < -0.3 is 20.8 Å². The molecule has 0 saturated heterocycles. The molecule has 226 valence electrons. The number of pyridine rings is 1. The smallest absolute Gasteiger partial charge is 0.225 e. The maximum Gasteiger partial charge on any atom is 0.225 e. The second kappa shape index (κ2) is 11.2. The minimum absolute atomic E-state index is 0.0897. The second-order valence-electron chi connectivity index (χ2n) is 11.2. The first-order valence-electron chi connectivity index (χ1n) is 13.7. The molecule has 1 saturated carbocycles. The van der Waals surface area contributed by atoms with Crippen molar-refractivity contribution in [3.8, 4) is 10.6 Å². The van der Waals surface area contributed by atoms with Crippen LogP contribution in [-0.2, 0) is 16.4 Å². The number of thiazole rings is 1. The van der Waals surface area contributed by atoms with Gasteiger partial charge in [-0.2, -0.15) is 4.98 Å². The van der Waals surface area contributed by atoms with Crippen LogP contribution in [0.2, 0.25) is 0 Å². The first-order chi connectivity index (χ1) is 20.4. The Balaban J connectivity index is 1.34. The fraction of sp³-hybridized carbons (Fsp3) is 0.379. The number of allylic oxidation sites excluding steroid dienone is 2. The first-order valence-corrected chi connectivity index (χ1v) is 16.6. The van der Waals surface area contributed by atoms with E-state index < -0.39 is 39.1 Å². The molecule has 1 aromatic carbocycles. The molecule has 0 spiro atoms. The van der Waals surface area contributed by atoms with Crippen molar-refractivity contribution in [3.05, 3.63) is 65.1 Å². The lowest BCUT2D eigenvalue weighted by atomic mass is 9.97. The fourth-order valence-corrected chi connectivity index (χ4v) is 7.71. The topological polar surface area (TPSA) is 150 Å². The second-order valence-corrected chi connectivity index (χ2v) is 14.4. The Hall–Kier alpha value is -3.59. The highest BCUT2D eigenvalue weighted by molar-refractivity contribution is 7.90. The van der Waals surface area contributed by atoms with Gasteiger partial charge in [-0.3, -0.25) is 4.98 Å². The van der Waals surface area contributed by atoms with Crippen molar-refractivity contribution in [3.63, 3.8) is 0 Å². The van der Waals surface area contributed by atoms with E-state index in [9.17, 15) is 27.4 Å². The van der Waals surface area contributed by atoms with Crippen molar-refractivity contribution in [1.82, 2.24) is 19.9 Å². The Morgan fingerprint density at radius 1 is 1.14 bits per heavy atom. The van der Waals surface area contributed by atoms with Crippen LogP contribution in [0.5, 0.6) is 0 Å². The number of hydrogen-bond donors (Lipinski definition) is 4. The van der Waals surface area contributed by atoms with E-state index in [0.717, 1.165) is 34.2 Å². The van der Waals surface area contributed by atoms with Crippen LogP contribution in [0.1, 0.15) is 36.2 Å². The summed E-state index contributed by atoms with van der Waals surface area (Å²) < 4.78 is 53.2. The maximum absolute atomic E-state index is 14.3. The summed E-state index contributed by atoms with van der Waals surface area (Å²) in [5, 5.41) is 28.9. The Labute approximate surface area is 250 Å². The quantitative estimate of drug-likeness (QED) is 0.202. The standard InChI is InChI=1S/C29H30F2N6O4S2/c1-15-22(27-36-24-21(42-27)9-11-32-23(24)16-6-7-16)26(34-14-29(39)10-8-17(25(29)38)13-43(2,40)41)37-28(35-15)33-12-18-19(30)4-3-5-20(18)31/h3-6,9,11,17,25,38-39H,7-8,10,12-14H2,1-2H3,(H2,33,34,35,37)/t17-,25-,29-/m1/s1. The molecule has 0 amide bonds. The lowest BCUT2D eigenvalue weighted by Gasteiger charge is -2.29. The first kappa shape index (κ1) is 29.5. The van der Waals surface area contributed by atoms with Gasteiger partial charge in [0.05, 0.1) is 33.5 Å².